The number of nitrogens with zero attached hydrogens (tertiary/aromatic N) is 4. The van der Waals surface area contributed by atoms with E-state index in [2.05, 4.69) is 38.2 Å². The number of rotatable bonds is 8. The van der Waals surface area contributed by atoms with Crippen molar-refractivity contribution in [3.63, 3.8) is 0 Å². The minimum Gasteiger partial charge on any atom is -0.378 e. The highest BCUT2D eigenvalue weighted by Crippen LogP contribution is 2.25. The predicted octanol–water partition coefficient (Wildman–Crippen LogP) is 4.36. The first kappa shape index (κ1) is 32.4. The Kier molecular flexibility index (Phi) is 10.6. The van der Waals surface area contributed by atoms with Gasteiger partial charge in [-0.2, -0.15) is 8.42 Å². The molecule has 0 amide bonds. The number of morpholine rings is 1. The van der Waals surface area contributed by atoms with E-state index in [1.807, 2.05) is 31.2 Å². The molecule has 0 atom stereocenters. The Morgan fingerprint density at radius 2 is 1.59 bits per heavy atom. The van der Waals surface area contributed by atoms with E-state index < -0.39 is 20.1 Å². The Hall–Kier alpha value is -4.48. The first-order valence-corrected chi connectivity index (χ1v) is 16.8. The van der Waals surface area contributed by atoms with Gasteiger partial charge >= 0.3 is 0 Å². The number of nitrogens with one attached hydrogen (secondary N) is 1. The third kappa shape index (κ3) is 9.01. The molecule has 4 aromatic rings. The van der Waals surface area contributed by atoms with E-state index in [9.17, 15) is 16.8 Å². The molecule has 0 bridgehead atoms. The van der Waals surface area contributed by atoms with Gasteiger partial charge in [-0.15, -0.1) is 6.42 Å². The molecule has 5 rings (SSSR count). The summed E-state index contributed by atoms with van der Waals surface area (Å²) in [4.78, 5) is 11.1. The first-order chi connectivity index (χ1) is 20.9. The zero-order chi connectivity index (χ0) is 31.7. The summed E-state index contributed by atoms with van der Waals surface area (Å²) in [6.45, 7) is 5.09. The van der Waals surface area contributed by atoms with E-state index in [0.29, 0.717) is 17.3 Å². The van der Waals surface area contributed by atoms with Gasteiger partial charge in [-0.3, -0.25) is 8.86 Å². The molecule has 2 N–H and O–H groups in total. The lowest BCUT2D eigenvalue weighted by molar-refractivity contribution is 0.122. The largest absolute Gasteiger partial charge is 0.378 e. The summed E-state index contributed by atoms with van der Waals surface area (Å²) in [7, 11) is -7.48. The molecule has 1 aliphatic rings. The number of aryl methyl sites for hydroxylation is 1. The number of ether oxygens (including phenoxy) is 1. The van der Waals surface area contributed by atoms with Crippen molar-refractivity contribution in [1.82, 2.24) is 9.97 Å². The van der Waals surface area contributed by atoms with Crippen molar-refractivity contribution in [1.29, 1.82) is 0 Å². The molecule has 1 aromatic heterocycles. The number of hydrogen-bond acceptors (Lipinski definition) is 9. The number of sulfonamides is 1. The Morgan fingerprint density at radius 1 is 0.955 bits per heavy atom. The minimum absolute atomic E-state index is 0.0237. The van der Waals surface area contributed by atoms with Crippen LogP contribution in [0.2, 0.25) is 0 Å². The van der Waals surface area contributed by atoms with Crippen LogP contribution < -0.4 is 14.5 Å². The van der Waals surface area contributed by atoms with Crippen molar-refractivity contribution in [2.24, 2.45) is 0 Å². The Bertz CT molecular complexity index is 1800. The highest BCUT2D eigenvalue weighted by Gasteiger charge is 2.16. The van der Waals surface area contributed by atoms with Crippen molar-refractivity contribution in [2.45, 2.75) is 11.8 Å². The van der Waals surface area contributed by atoms with Crippen LogP contribution in [0, 0.1) is 19.3 Å². The van der Waals surface area contributed by atoms with Gasteiger partial charge in [-0.05, 0) is 61.5 Å². The minimum atomic E-state index is -4.02. The Morgan fingerprint density at radius 3 is 2.16 bits per heavy atom. The van der Waals surface area contributed by atoms with Crippen LogP contribution in [0.4, 0.5) is 23.0 Å². The molecular formula is C31H33N5O6S2. The van der Waals surface area contributed by atoms with Gasteiger partial charge in [-0.1, -0.05) is 35.7 Å². The zero-order valence-corrected chi connectivity index (χ0v) is 25.9. The van der Waals surface area contributed by atoms with E-state index in [0.717, 1.165) is 55.1 Å². The fraction of sp³-hybridized carbons (Fsp3) is 0.226. The molecule has 0 saturated carbocycles. The van der Waals surface area contributed by atoms with Gasteiger partial charge in [0.15, 0.2) is 0 Å². The smallest absolute Gasteiger partial charge is 0.294 e. The average molecular weight is 636 g/mol. The normalized spacial score (nSPS) is 13.3. The van der Waals surface area contributed by atoms with Gasteiger partial charge < -0.3 is 15.0 Å². The summed E-state index contributed by atoms with van der Waals surface area (Å²) < 4.78 is 60.1. The number of hydrogen-bond donors (Lipinski definition) is 2. The molecule has 11 nitrogen and oxygen atoms in total. The van der Waals surface area contributed by atoms with Crippen LogP contribution in [-0.4, -0.2) is 70.5 Å². The number of terminal acetylenes is 1. The van der Waals surface area contributed by atoms with Gasteiger partial charge in [0.25, 0.3) is 10.1 Å². The first-order valence-electron chi connectivity index (χ1n) is 13.5. The predicted molar refractivity (Wildman–Crippen MR) is 172 cm³/mol. The number of benzene rings is 3. The number of aromatic nitrogens is 2. The molecule has 13 heteroatoms. The van der Waals surface area contributed by atoms with Crippen LogP contribution >= 0.6 is 0 Å². The van der Waals surface area contributed by atoms with Crippen LogP contribution in [0.25, 0.3) is 11.3 Å². The van der Waals surface area contributed by atoms with E-state index in [-0.39, 0.29) is 11.4 Å². The van der Waals surface area contributed by atoms with Crippen LogP contribution in [0.1, 0.15) is 5.56 Å². The quantitative estimate of drug-likeness (QED) is 0.212. The maximum Gasteiger partial charge on any atom is 0.294 e. The summed E-state index contributed by atoms with van der Waals surface area (Å²) >= 11 is 0. The van der Waals surface area contributed by atoms with Gasteiger partial charge in [0.1, 0.15) is 0 Å². The standard InChI is InChI=1S/C24H25N5O3S.C7H8O3S/c1-3-14-29(33(2,30)31)22-8-4-19(5-9-22)23-12-13-25-24(27-23)26-20-6-10-21(11-7-20)28-15-17-32-18-16-28;1-6-2-4-7(5-3-6)11(8,9)10/h1,4-13H,14-18H2,2H3,(H,25,26,27);2-5H,1H3,(H,8,9,10). The van der Waals surface area contributed by atoms with Gasteiger partial charge in [0, 0.05) is 36.2 Å². The highest BCUT2D eigenvalue weighted by atomic mass is 32.2. The lowest BCUT2D eigenvalue weighted by Crippen LogP contribution is -2.36. The van der Waals surface area contributed by atoms with Crippen LogP contribution in [0.3, 0.4) is 0 Å². The summed E-state index contributed by atoms with van der Waals surface area (Å²) in [5.74, 6) is 2.85. The van der Waals surface area contributed by atoms with Crippen molar-refractivity contribution >= 4 is 43.2 Å². The molecule has 3 aromatic carbocycles. The third-order valence-electron chi connectivity index (χ3n) is 6.56. The molecule has 0 unspecified atom stereocenters. The lowest BCUT2D eigenvalue weighted by atomic mass is 10.1. The van der Waals surface area contributed by atoms with Crippen LogP contribution in [-0.2, 0) is 24.9 Å². The Labute approximate surface area is 258 Å². The maximum absolute atomic E-state index is 12.0. The molecular weight excluding hydrogens is 603 g/mol. The van der Waals surface area contributed by atoms with Crippen LogP contribution in [0.5, 0.6) is 0 Å². The van der Waals surface area contributed by atoms with Gasteiger partial charge in [0.05, 0.1) is 42.3 Å². The molecule has 0 radical (unpaired) electrons. The van der Waals surface area contributed by atoms with E-state index in [1.165, 1.54) is 16.4 Å². The molecule has 230 valence electrons. The molecule has 1 aliphatic heterocycles. The van der Waals surface area contributed by atoms with E-state index in [1.54, 1.807) is 36.5 Å². The van der Waals surface area contributed by atoms with E-state index >= 15 is 0 Å². The SMILES string of the molecule is C#CCN(c1ccc(-c2ccnc(Nc3ccc(N4CCOCC4)cc3)n2)cc1)S(C)(=O)=O.Cc1ccc(S(=O)(=O)O)cc1. The van der Waals surface area contributed by atoms with E-state index in [4.69, 9.17) is 15.7 Å². The van der Waals surface area contributed by atoms with Crippen molar-refractivity contribution in [2.75, 3.05) is 53.6 Å². The summed E-state index contributed by atoms with van der Waals surface area (Å²) in [6.07, 6.45) is 8.14. The highest BCUT2D eigenvalue weighted by molar-refractivity contribution is 7.92. The second-order valence-corrected chi connectivity index (χ2v) is 13.2. The molecule has 2 heterocycles. The van der Waals surface area contributed by atoms with Gasteiger partial charge in [-0.25, -0.2) is 18.4 Å². The van der Waals surface area contributed by atoms with Crippen molar-refractivity contribution < 1.29 is 26.1 Å². The fourth-order valence-electron chi connectivity index (χ4n) is 4.28. The molecule has 1 fully saturated rings. The lowest BCUT2D eigenvalue weighted by Gasteiger charge is -2.28. The summed E-state index contributed by atoms with van der Waals surface area (Å²) in [5.41, 5.74) is 5.06. The number of anilines is 4. The third-order valence-corrected chi connectivity index (χ3v) is 8.57. The molecule has 44 heavy (non-hydrogen) atoms. The molecule has 0 spiro atoms. The average Bonchev–Trinajstić information content (AvgIpc) is 3.00. The van der Waals surface area contributed by atoms with Crippen molar-refractivity contribution in [3.05, 3.63) is 90.6 Å². The van der Waals surface area contributed by atoms with Crippen LogP contribution in [0.15, 0.2) is 90.0 Å². The van der Waals surface area contributed by atoms with Gasteiger partial charge in [0.2, 0.25) is 16.0 Å². The second kappa shape index (κ2) is 14.3. The summed E-state index contributed by atoms with van der Waals surface area (Å²) in [5, 5.41) is 3.24. The zero-order valence-electron chi connectivity index (χ0n) is 24.3. The van der Waals surface area contributed by atoms with Crippen molar-refractivity contribution in [3.8, 4) is 23.6 Å². The topological polar surface area (TPSA) is 142 Å². The monoisotopic (exact) mass is 635 g/mol. The Balaban J connectivity index is 0.000000339. The molecule has 1 saturated heterocycles. The second-order valence-electron chi connectivity index (χ2n) is 9.85. The maximum atomic E-state index is 12.0. The summed E-state index contributed by atoms with van der Waals surface area (Å²) in [6, 6.07) is 23.0. The molecule has 0 aliphatic carbocycles. The fourth-order valence-corrected chi connectivity index (χ4v) is 5.57.